The highest BCUT2D eigenvalue weighted by Crippen LogP contribution is 2.30. The van der Waals surface area contributed by atoms with E-state index in [0.717, 1.165) is 17.7 Å². The maximum absolute atomic E-state index is 12.6. The van der Waals surface area contributed by atoms with Crippen LogP contribution in [0.4, 0.5) is 13.2 Å². The Labute approximate surface area is 157 Å². The molecule has 26 heavy (non-hydrogen) atoms. The van der Waals surface area contributed by atoms with Crippen LogP contribution in [0.15, 0.2) is 54.6 Å². The summed E-state index contributed by atoms with van der Waals surface area (Å²) >= 11 is 0. The second-order valence-corrected chi connectivity index (χ2v) is 6.05. The van der Waals surface area contributed by atoms with Crippen LogP contribution in [0, 0.1) is 0 Å². The van der Waals surface area contributed by atoms with Crippen LogP contribution < -0.4 is 11.1 Å². The molecule has 0 saturated carbocycles. The second-order valence-electron chi connectivity index (χ2n) is 6.05. The molecular weight excluding hydrogens is 365 g/mol. The van der Waals surface area contributed by atoms with Crippen molar-refractivity contribution >= 4 is 18.3 Å². The first kappa shape index (κ1) is 22.0. The minimum absolute atomic E-state index is 0. The largest absolute Gasteiger partial charge is 0.416 e. The zero-order chi connectivity index (χ0) is 18.4. The third-order valence-electron chi connectivity index (χ3n) is 4.05. The summed E-state index contributed by atoms with van der Waals surface area (Å²) in [6, 6.07) is 14.0. The van der Waals surface area contributed by atoms with Crippen molar-refractivity contribution in [2.24, 2.45) is 5.73 Å². The van der Waals surface area contributed by atoms with Gasteiger partial charge in [0.2, 0.25) is 5.91 Å². The molecule has 0 heterocycles. The van der Waals surface area contributed by atoms with Crippen LogP contribution in [0.3, 0.4) is 0 Å². The van der Waals surface area contributed by atoms with E-state index in [1.54, 1.807) is 6.92 Å². The van der Waals surface area contributed by atoms with Crippen LogP contribution in [0.25, 0.3) is 0 Å². The summed E-state index contributed by atoms with van der Waals surface area (Å²) in [5, 5.41) is 2.77. The SMILES string of the molecule is CC(CC(=O)NCC(N)c1ccccc1)c1ccc(C(F)(F)F)cc1.Cl. The van der Waals surface area contributed by atoms with E-state index >= 15 is 0 Å². The van der Waals surface area contributed by atoms with Gasteiger partial charge in [0, 0.05) is 19.0 Å². The van der Waals surface area contributed by atoms with E-state index in [9.17, 15) is 18.0 Å². The highest BCUT2D eigenvalue weighted by Gasteiger charge is 2.30. The quantitative estimate of drug-likeness (QED) is 0.771. The maximum Gasteiger partial charge on any atom is 0.416 e. The Bertz CT molecular complexity index is 690. The Morgan fingerprint density at radius 3 is 2.15 bits per heavy atom. The fourth-order valence-electron chi connectivity index (χ4n) is 2.51. The number of hydrogen-bond donors (Lipinski definition) is 2. The van der Waals surface area contributed by atoms with Crippen LogP contribution in [0.2, 0.25) is 0 Å². The van der Waals surface area contributed by atoms with Gasteiger partial charge in [0.25, 0.3) is 0 Å². The number of nitrogens with two attached hydrogens (primary N) is 1. The smallest absolute Gasteiger partial charge is 0.354 e. The van der Waals surface area contributed by atoms with Gasteiger partial charge < -0.3 is 11.1 Å². The van der Waals surface area contributed by atoms with Crippen molar-refractivity contribution in [1.29, 1.82) is 0 Å². The molecule has 2 unspecified atom stereocenters. The minimum Gasteiger partial charge on any atom is -0.354 e. The molecule has 0 aromatic heterocycles. The monoisotopic (exact) mass is 386 g/mol. The fourth-order valence-corrected chi connectivity index (χ4v) is 2.51. The molecule has 7 heteroatoms. The Kier molecular flexibility index (Phi) is 8.11. The summed E-state index contributed by atoms with van der Waals surface area (Å²) in [7, 11) is 0. The number of halogens is 4. The number of alkyl halides is 3. The molecule has 0 radical (unpaired) electrons. The summed E-state index contributed by atoms with van der Waals surface area (Å²) in [6.07, 6.45) is -4.17. The van der Waals surface area contributed by atoms with Gasteiger partial charge in [-0.3, -0.25) is 4.79 Å². The average Bonchev–Trinajstić information content (AvgIpc) is 2.59. The number of rotatable bonds is 6. The normalized spacial score (nSPS) is 13.4. The molecule has 0 aliphatic rings. The summed E-state index contributed by atoms with van der Waals surface area (Å²) in [4.78, 5) is 12.0. The van der Waals surface area contributed by atoms with Crippen molar-refractivity contribution in [3.63, 3.8) is 0 Å². The van der Waals surface area contributed by atoms with Gasteiger partial charge >= 0.3 is 6.18 Å². The minimum atomic E-state index is -4.35. The van der Waals surface area contributed by atoms with Crippen molar-refractivity contribution in [1.82, 2.24) is 5.32 Å². The summed E-state index contributed by atoms with van der Waals surface area (Å²) in [5.74, 6) is -0.367. The number of benzene rings is 2. The lowest BCUT2D eigenvalue weighted by Crippen LogP contribution is -2.32. The average molecular weight is 387 g/mol. The molecule has 0 fully saturated rings. The lowest BCUT2D eigenvalue weighted by molar-refractivity contribution is -0.137. The molecule has 0 bridgehead atoms. The molecule has 142 valence electrons. The Morgan fingerprint density at radius 2 is 1.62 bits per heavy atom. The molecule has 3 nitrogen and oxygen atoms in total. The van der Waals surface area contributed by atoms with Crippen LogP contribution >= 0.6 is 12.4 Å². The van der Waals surface area contributed by atoms with E-state index in [2.05, 4.69) is 5.32 Å². The van der Waals surface area contributed by atoms with Crippen molar-refractivity contribution in [2.45, 2.75) is 31.5 Å². The van der Waals surface area contributed by atoms with Gasteiger partial charge in [0.1, 0.15) is 0 Å². The lowest BCUT2D eigenvalue weighted by atomic mass is 9.96. The molecule has 0 aliphatic heterocycles. The van der Waals surface area contributed by atoms with Crippen LogP contribution in [0.1, 0.15) is 42.0 Å². The maximum atomic E-state index is 12.6. The standard InChI is InChI=1S/C19H21F3N2O.ClH/c1-13(14-7-9-16(10-8-14)19(20,21)22)11-18(25)24-12-17(23)15-5-3-2-4-6-15;/h2-10,13,17H,11-12,23H2,1H3,(H,24,25);1H. The third-order valence-corrected chi connectivity index (χ3v) is 4.05. The van der Waals surface area contributed by atoms with Gasteiger partial charge in [0.05, 0.1) is 5.56 Å². The number of nitrogens with one attached hydrogen (secondary N) is 1. The van der Waals surface area contributed by atoms with Crippen molar-refractivity contribution in [2.75, 3.05) is 6.54 Å². The molecular formula is C19H22ClF3N2O. The van der Waals surface area contributed by atoms with E-state index in [1.807, 2.05) is 30.3 Å². The van der Waals surface area contributed by atoms with Crippen LogP contribution in [-0.2, 0) is 11.0 Å². The lowest BCUT2D eigenvalue weighted by Gasteiger charge is -2.16. The molecule has 2 aromatic carbocycles. The number of carbonyl (C=O) groups is 1. The third kappa shape index (κ3) is 6.35. The van der Waals surface area contributed by atoms with Crippen molar-refractivity contribution in [3.05, 3.63) is 71.3 Å². The zero-order valence-electron chi connectivity index (χ0n) is 14.3. The van der Waals surface area contributed by atoms with Gasteiger partial charge in [-0.05, 0) is 29.2 Å². The van der Waals surface area contributed by atoms with E-state index in [-0.39, 0.29) is 36.7 Å². The molecule has 2 rings (SSSR count). The Balaban J connectivity index is 0.00000338. The fraction of sp³-hybridized carbons (Fsp3) is 0.316. The highest BCUT2D eigenvalue weighted by molar-refractivity contribution is 5.85. The molecule has 0 aliphatic carbocycles. The van der Waals surface area contributed by atoms with Gasteiger partial charge in [-0.25, -0.2) is 0 Å². The predicted octanol–water partition coefficient (Wildman–Crippen LogP) is 4.44. The number of carbonyl (C=O) groups excluding carboxylic acids is 1. The van der Waals surface area contributed by atoms with Crippen molar-refractivity contribution < 1.29 is 18.0 Å². The van der Waals surface area contributed by atoms with E-state index in [0.29, 0.717) is 12.1 Å². The van der Waals surface area contributed by atoms with Gasteiger partial charge in [-0.2, -0.15) is 13.2 Å². The first-order valence-corrected chi connectivity index (χ1v) is 8.01. The van der Waals surface area contributed by atoms with Gasteiger partial charge in [0.15, 0.2) is 0 Å². The number of amides is 1. The van der Waals surface area contributed by atoms with Crippen molar-refractivity contribution in [3.8, 4) is 0 Å². The van der Waals surface area contributed by atoms with Gasteiger partial charge in [-0.1, -0.05) is 49.4 Å². The first-order valence-electron chi connectivity index (χ1n) is 8.01. The summed E-state index contributed by atoms with van der Waals surface area (Å²) in [5.41, 5.74) is 6.95. The van der Waals surface area contributed by atoms with E-state index < -0.39 is 11.7 Å². The van der Waals surface area contributed by atoms with E-state index in [4.69, 9.17) is 5.73 Å². The summed E-state index contributed by atoms with van der Waals surface area (Å²) < 4.78 is 37.7. The zero-order valence-corrected chi connectivity index (χ0v) is 15.1. The van der Waals surface area contributed by atoms with Crippen LogP contribution in [0.5, 0.6) is 0 Å². The summed E-state index contributed by atoms with van der Waals surface area (Å²) in [6.45, 7) is 2.11. The molecule has 2 aromatic rings. The predicted molar refractivity (Wildman–Crippen MR) is 98.1 cm³/mol. The van der Waals surface area contributed by atoms with E-state index in [1.165, 1.54) is 12.1 Å². The second kappa shape index (κ2) is 9.59. The highest BCUT2D eigenvalue weighted by atomic mass is 35.5. The Hall–Kier alpha value is -2.05. The number of hydrogen-bond acceptors (Lipinski definition) is 2. The first-order chi connectivity index (χ1) is 11.8. The molecule has 3 N–H and O–H groups in total. The van der Waals surface area contributed by atoms with Gasteiger partial charge in [-0.15, -0.1) is 12.4 Å². The topological polar surface area (TPSA) is 55.1 Å². The Morgan fingerprint density at radius 1 is 1.04 bits per heavy atom. The molecule has 1 amide bonds. The van der Waals surface area contributed by atoms with Crippen LogP contribution in [-0.4, -0.2) is 12.5 Å². The molecule has 2 atom stereocenters. The molecule has 0 saturated heterocycles. The molecule has 0 spiro atoms.